The number of nitrogens with zero attached hydrogens (tertiary/aromatic N) is 4. The molecule has 29 heavy (non-hydrogen) atoms. The molecule has 0 aliphatic heterocycles. The van der Waals surface area contributed by atoms with Crippen LogP contribution in [0.2, 0.25) is 0 Å². The van der Waals surface area contributed by atoms with E-state index in [4.69, 9.17) is 0 Å². The fraction of sp³-hybridized carbons (Fsp3) is 0.333. The molecule has 1 aliphatic rings. The van der Waals surface area contributed by atoms with Crippen LogP contribution in [0.25, 0.3) is 16.8 Å². The van der Waals surface area contributed by atoms with Gasteiger partial charge in [-0.1, -0.05) is 24.6 Å². The minimum absolute atomic E-state index is 0.169. The monoisotopic (exact) mass is 410 g/mol. The van der Waals surface area contributed by atoms with Crippen molar-refractivity contribution in [3.05, 3.63) is 60.2 Å². The zero-order valence-electron chi connectivity index (χ0n) is 16.2. The Morgan fingerprint density at radius 1 is 1.07 bits per heavy atom. The van der Waals surface area contributed by atoms with E-state index in [1.165, 1.54) is 3.97 Å². The first-order valence-electron chi connectivity index (χ1n) is 9.70. The van der Waals surface area contributed by atoms with Crippen LogP contribution in [-0.4, -0.2) is 38.0 Å². The van der Waals surface area contributed by atoms with Gasteiger partial charge in [0, 0.05) is 24.0 Å². The van der Waals surface area contributed by atoms with E-state index in [-0.39, 0.29) is 16.9 Å². The van der Waals surface area contributed by atoms with Crippen LogP contribution in [0.5, 0.6) is 0 Å². The third-order valence-electron chi connectivity index (χ3n) is 5.98. The lowest BCUT2D eigenvalue weighted by Crippen LogP contribution is -2.13. The summed E-state index contributed by atoms with van der Waals surface area (Å²) in [6, 6.07) is 8.55. The number of hydrogen-bond donors (Lipinski definition) is 1. The summed E-state index contributed by atoms with van der Waals surface area (Å²) in [5, 5.41) is 10.1. The number of aliphatic hydroxyl groups is 1. The first-order valence-corrected chi connectivity index (χ1v) is 11.1. The predicted octanol–water partition coefficient (Wildman–Crippen LogP) is 3.10. The first-order chi connectivity index (χ1) is 13.9. The minimum Gasteiger partial charge on any atom is -0.393 e. The highest BCUT2D eigenvalue weighted by molar-refractivity contribution is 7.90. The van der Waals surface area contributed by atoms with Gasteiger partial charge in [0.1, 0.15) is 0 Å². The molecular weight excluding hydrogens is 388 g/mol. The number of aromatic nitrogens is 4. The second kappa shape index (κ2) is 6.40. The Morgan fingerprint density at radius 2 is 1.83 bits per heavy atom. The molecule has 1 N–H and O–H groups in total. The fourth-order valence-corrected chi connectivity index (χ4v) is 5.75. The van der Waals surface area contributed by atoms with Crippen molar-refractivity contribution >= 4 is 26.8 Å². The molecule has 0 radical (unpaired) electrons. The Labute approximate surface area is 168 Å². The maximum Gasteiger partial charge on any atom is 0.269 e. The van der Waals surface area contributed by atoms with Crippen LogP contribution in [0, 0.1) is 12.8 Å². The summed E-state index contributed by atoms with van der Waals surface area (Å²) in [7, 11) is -3.76. The van der Waals surface area contributed by atoms with Gasteiger partial charge < -0.3 is 5.11 Å². The van der Waals surface area contributed by atoms with Crippen molar-refractivity contribution < 1.29 is 13.5 Å². The Hall–Kier alpha value is -2.71. The SMILES string of the molecule is Cc1ccc(S(=O)(=O)n2ccc3c2ncc2ncc([C@H]4C[C@@H](O)C[C@H]4C)n23)cc1. The molecule has 0 spiro atoms. The Balaban J connectivity index is 1.70. The number of aryl methyl sites for hydroxylation is 1. The van der Waals surface area contributed by atoms with Gasteiger partial charge in [0.25, 0.3) is 10.0 Å². The molecule has 3 atom stereocenters. The normalized spacial score (nSPS) is 22.7. The molecule has 1 aliphatic carbocycles. The highest BCUT2D eigenvalue weighted by Gasteiger charge is 2.33. The summed E-state index contributed by atoms with van der Waals surface area (Å²) in [6.07, 6.45) is 6.09. The lowest BCUT2D eigenvalue weighted by atomic mass is 9.95. The number of aliphatic hydroxyl groups excluding tert-OH is 1. The molecule has 1 aromatic carbocycles. The topological polar surface area (TPSA) is 89.5 Å². The molecule has 5 rings (SSSR count). The van der Waals surface area contributed by atoms with Gasteiger partial charge in [-0.25, -0.2) is 22.4 Å². The number of fused-ring (bicyclic) bond motifs is 3. The third-order valence-corrected chi connectivity index (χ3v) is 7.66. The largest absolute Gasteiger partial charge is 0.393 e. The van der Waals surface area contributed by atoms with Crippen LogP contribution < -0.4 is 0 Å². The maximum absolute atomic E-state index is 13.2. The minimum atomic E-state index is -3.76. The maximum atomic E-state index is 13.2. The highest BCUT2D eigenvalue weighted by Crippen LogP contribution is 2.40. The van der Waals surface area contributed by atoms with Crippen LogP contribution in [-0.2, 0) is 10.0 Å². The highest BCUT2D eigenvalue weighted by atomic mass is 32.2. The smallest absolute Gasteiger partial charge is 0.269 e. The van der Waals surface area contributed by atoms with Gasteiger partial charge in [-0.3, -0.25) is 4.40 Å². The van der Waals surface area contributed by atoms with Crippen molar-refractivity contribution in [3.8, 4) is 0 Å². The van der Waals surface area contributed by atoms with Crippen LogP contribution in [0.15, 0.2) is 53.8 Å². The lowest BCUT2D eigenvalue weighted by molar-refractivity contribution is 0.178. The van der Waals surface area contributed by atoms with Crippen LogP contribution in [0.4, 0.5) is 0 Å². The summed E-state index contributed by atoms with van der Waals surface area (Å²) < 4.78 is 29.6. The predicted molar refractivity (Wildman–Crippen MR) is 109 cm³/mol. The van der Waals surface area contributed by atoms with Crippen molar-refractivity contribution in [2.24, 2.45) is 5.92 Å². The number of hydrogen-bond acceptors (Lipinski definition) is 5. The average Bonchev–Trinajstić information content (AvgIpc) is 3.37. The average molecular weight is 410 g/mol. The van der Waals surface area contributed by atoms with Crippen molar-refractivity contribution in [2.75, 3.05) is 0 Å². The standard InChI is InChI=1S/C21H22N4O3S/c1-13-3-5-16(6-4-13)29(27,28)24-8-7-18-21(24)23-12-20-22-11-19(25(18)20)17-10-15(26)9-14(17)2/h3-8,11-12,14-15,17,26H,9-10H2,1-2H3/t14-,15+,17+/m1/s1. The van der Waals surface area contributed by atoms with Gasteiger partial charge in [0.05, 0.1) is 22.7 Å². The Kier molecular flexibility index (Phi) is 4.04. The molecule has 0 bridgehead atoms. The molecule has 150 valence electrons. The molecule has 4 aromatic rings. The molecular formula is C21H22N4O3S. The van der Waals surface area contributed by atoms with E-state index in [0.717, 1.165) is 17.7 Å². The summed E-state index contributed by atoms with van der Waals surface area (Å²) in [6.45, 7) is 4.05. The molecule has 1 saturated carbocycles. The van der Waals surface area contributed by atoms with Gasteiger partial charge >= 0.3 is 0 Å². The van der Waals surface area contributed by atoms with Crippen molar-refractivity contribution in [1.29, 1.82) is 0 Å². The molecule has 0 amide bonds. The first kappa shape index (κ1) is 18.3. The zero-order valence-corrected chi connectivity index (χ0v) is 17.0. The molecule has 7 nitrogen and oxygen atoms in total. The Bertz CT molecular complexity index is 1320. The number of imidazole rings is 1. The van der Waals surface area contributed by atoms with E-state index in [9.17, 15) is 13.5 Å². The zero-order chi connectivity index (χ0) is 20.3. The van der Waals surface area contributed by atoms with Crippen LogP contribution >= 0.6 is 0 Å². The lowest BCUT2D eigenvalue weighted by Gasteiger charge is -2.15. The van der Waals surface area contributed by atoms with E-state index in [1.807, 2.05) is 17.5 Å². The summed E-state index contributed by atoms with van der Waals surface area (Å²) in [4.78, 5) is 9.10. The van der Waals surface area contributed by atoms with Gasteiger partial charge in [-0.05, 0) is 43.9 Å². The van der Waals surface area contributed by atoms with E-state index in [0.29, 0.717) is 29.1 Å². The summed E-state index contributed by atoms with van der Waals surface area (Å²) in [5.74, 6) is 0.495. The van der Waals surface area contributed by atoms with E-state index < -0.39 is 10.0 Å². The summed E-state index contributed by atoms with van der Waals surface area (Å²) >= 11 is 0. The number of benzene rings is 1. The second-order valence-corrected chi connectivity index (χ2v) is 9.80. The molecule has 3 aromatic heterocycles. The quantitative estimate of drug-likeness (QED) is 0.561. The molecule has 0 saturated heterocycles. The van der Waals surface area contributed by atoms with Gasteiger partial charge in [-0.15, -0.1) is 0 Å². The van der Waals surface area contributed by atoms with Crippen molar-refractivity contribution in [2.45, 2.75) is 43.6 Å². The van der Waals surface area contributed by atoms with Gasteiger partial charge in [0.2, 0.25) is 0 Å². The van der Waals surface area contributed by atoms with Crippen LogP contribution in [0.1, 0.15) is 36.9 Å². The van der Waals surface area contributed by atoms with Crippen molar-refractivity contribution in [1.82, 2.24) is 18.3 Å². The molecule has 1 fully saturated rings. The Morgan fingerprint density at radius 3 is 2.52 bits per heavy atom. The molecule has 8 heteroatoms. The van der Waals surface area contributed by atoms with Gasteiger partial charge in [0.15, 0.2) is 11.3 Å². The van der Waals surface area contributed by atoms with Crippen LogP contribution in [0.3, 0.4) is 0 Å². The third kappa shape index (κ3) is 2.78. The molecule has 0 unspecified atom stereocenters. The second-order valence-electron chi connectivity index (χ2n) is 7.98. The van der Waals surface area contributed by atoms with E-state index >= 15 is 0 Å². The molecule has 3 heterocycles. The van der Waals surface area contributed by atoms with Gasteiger partial charge in [-0.2, -0.15) is 0 Å². The van der Waals surface area contributed by atoms with Crippen molar-refractivity contribution in [3.63, 3.8) is 0 Å². The number of rotatable bonds is 3. The summed E-state index contributed by atoms with van der Waals surface area (Å²) in [5.41, 5.74) is 3.72. The van der Waals surface area contributed by atoms with E-state index in [1.54, 1.807) is 42.7 Å². The fourth-order valence-electron chi connectivity index (χ4n) is 4.45. The van der Waals surface area contributed by atoms with E-state index in [2.05, 4.69) is 16.9 Å².